The summed E-state index contributed by atoms with van der Waals surface area (Å²) in [7, 11) is 0. The highest BCUT2D eigenvalue weighted by Gasteiger charge is 2.59. The third-order valence-electron chi connectivity index (χ3n) is 7.95. The number of aliphatic hydroxyl groups is 2. The molecule has 5 unspecified atom stereocenters. The SMILES string of the molecule is C=CCOC(=O)Nc1nc2c(s1)CC1C(C)(CO)C(O)CCC1(C)C2CC(=O)Nc1cccc(O)c1. The summed E-state index contributed by atoms with van der Waals surface area (Å²) in [5, 5.41) is 36.9. The van der Waals surface area contributed by atoms with E-state index in [0.29, 0.717) is 30.1 Å². The van der Waals surface area contributed by atoms with Crippen molar-refractivity contribution < 1.29 is 29.6 Å². The molecule has 4 rings (SSSR count). The number of carbonyl (C=O) groups is 2. The maximum Gasteiger partial charge on any atom is 0.413 e. The third-order valence-corrected chi connectivity index (χ3v) is 8.96. The van der Waals surface area contributed by atoms with Crippen molar-refractivity contribution >= 4 is 34.2 Å². The summed E-state index contributed by atoms with van der Waals surface area (Å²) in [5.41, 5.74) is 0.0720. The van der Waals surface area contributed by atoms with Crippen LogP contribution in [0.15, 0.2) is 36.9 Å². The van der Waals surface area contributed by atoms with Gasteiger partial charge in [0.25, 0.3) is 0 Å². The molecular formula is C26H33N3O6S. The van der Waals surface area contributed by atoms with Crippen LogP contribution in [0.5, 0.6) is 5.75 Å². The van der Waals surface area contributed by atoms with Gasteiger partial charge in [-0.05, 0) is 42.7 Å². The first-order valence-corrected chi connectivity index (χ1v) is 12.8. The zero-order chi connectivity index (χ0) is 26.1. The Morgan fingerprint density at radius 2 is 2.11 bits per heavy atom. The number of hydrogen-bond acceptors (Lipinski definition) is 8. The van der Waals surface area contributed by atoms with Crippen molar-refractivity contribution in [1.82, 2.24) is 4.98 Å². The summed E-state index contributed by atoms with van der Waals surface area (Å²) in [6, 6.07) is 6.36. The Morgan fingerprint density at radius 1 is 1.33 bits per heavy atom. The van der Waals surface area contributed by atoms with Gasteiger partial charge in [0.2, 0.25) is 5.91 Å². The van der Waals surface area contributed by atoms with Crippen LogP contribution in [0.3, 0.4) is 0 Å². The number of aliphatic hydroxyl groups excluding tert-OH is 2. The average molecular weight is 516 g/mol. The van der Waals surface area contributed by atoms with Crippen LogP contribution in [-0.2, 0) is 16.0 Å². The van der Waals surface area contributed by atoms with Crippen molar-refractivity contribution in [2.75, 3.05) is 23.8 Å². The number of hydrogen-bond donors (Lipinski definition) is 5. The summed E-state index contributed by atoms with van der Waals surface area (Å²) in [5.74, 6) is -0.592. The zero-order valence-corrected chi connectivity index (χ0v) is 21.3. The Morgan fingerprint density at radius 3 is 2.81 bits per heavy atom. The van der Waals surface area contributed by atoms with Gasteiger partial charge in [0.05, 0.1) is 18.4 Å². The van der Waals surface area contributed by atoms with E-state index in [1.54, 1.807) is 12.1 Å². The lowest BCUT2D eigenvalue weighted by Crippen LogP contribution is -2.57. The van der Waals surface area contributed by atoms with Crippen molar-refractivity contribution in [3.63, 3.8) is 0 Å². The fourth-order valence-electron chi connectivity index (χ4n) is 5.94. The quantitative estimate of drug-likeness (QED) is 0.351. The second kappa shape index (κ2) is 10.2. The molecule has 36 heavy (non-hydrogen) atoms. The van der Waals surface area contributed by atoms with E-state index in [2.05, 4.69) is 24.1 Å². The normalized spacial score (nSPS) is 28.9. The number of benzene rings is 1. The number of anilines is 2. The molecule has 2 aliphatic rings. The molecule has 2 aliphatic carbocycles. The largest absolute Gasteiger partial charge is 0.508 e. The molecule has 1 heterocycles. The number of rotatable bonds is 7. The molecule has 1 fully saturated rings. The number of phenolic OH excluding ortho intramolecular Hbond substituents is 1. The summed E-state index contributed by atoms with van der Waals surface area (Å²) >= 11 is 1.32. The van der Waals surface area contributed by atoms with Crippen molar-refractivity contribution in [2.45, 2.75) is 51.6 Å². The molecule has 5 atom stereocenters. The van der Waals surface area contributed by atoms with E-state index in [-0.39, 0.29) is 43.1 Å². The summed E-state index contributed by atoms with van der Waals surface area (Å²) < 4.78 is 5.02. The molecule has 0 radical (unpaired) electrons. The van der Waals surface area contributed by atoms with Gasteiger partial charge in [0.1, 0.15) is 12.4 Å². The predicted octanol–water partition coefficient (Wildman–Crippen LogP) is 4.03. The van der Waals surface area contributed by atoms with Gasteiger partial charge in [-0.3, -0.25) is 10.1 Å². The van der Waals surface area contributed by atoms with Gasteiger partial charge >= 0.3 is 6.09 Å². The molecule has 1 aromatic heterocycles. The van der Waals surface area contributed by atoms with Crippen LogP contribution < -0.4 is 10.6 Å². The van der Waals surface area contributed by atoms with E-state index in [4.69, 9.17) is 9.72 Å². The number of nitrogens with one attached hydrogen (secondary N) is 2. The molecule has 0 aliphatic heterocycles. The molecule has 1 saturated carbocycles. The second-order valence-corrected chi connectivity index (χ2v) is 11.3. The number of ether oxygens (including phenoxy) is 1. The van der Waals surface area contributed by atoms with Gasteiger partial charge in [-0.25, -0.2) is 9.78 Å². The zero-order valence-electron chi connectivity index (χ0n) is 20.5. The molecule has 0 spiro atoms. The third kappa shape index (κ3) is 4.85. The molecule has 1 aromatic carbocycles. The minimum absolute atomic E-state index is 0.0540. The van der Waals surface area contributed by atoms with Gasteiger partial charge in [0, 0.05) is 34.4 Å². The Balaban J connectivity index is 1.68. The smallest absolute Gasteiger partial charge is 0.413 e. The number of aromatic nitrogens is 1. The topological polar surface area (TPSA) is 141 Å². The highest BCUT2D eigenvalue weighted by Crippen LogP contribution is 2.62. The lowest BCUT2D eigenvalue weighted by atomic mass is 9.47. The van der Waals surface area contributed by atoms with Crippen LogP contribution in [0.2, 0.25) is 0 Å². The van der Waals surface area contributed by atoms with Crippen LogP contribution in [0.4, 0.5) is 15.6 Å². The Kier molecular flexibility index (Phi) is 7.40. The highest BCUT2D eigenvalue weighted by atomic mass is 32.1. The molecular weight excluding hydrogens is 482 g/mol. The first-order valence-electron chi connectivity index (χ1n) is 12.0. The van der Waals surface area contributed by atoms with Gasteiger partial charge in [-0.1, -0.05) is 32.6 Å². The summed E-state index contributed by atoms with van der Waals surface area (Å²) in [6.07, 6.45) is 2.04. The molecule has 0 saturated heterocycles. The van der Waals surface area contributed by atoms with Crippen LogP contribution >= 0.6 is 11.3 Å². The number of carbonyl (C=O) groups excluding carboxylic acids is 2. The van der Waals surface area contributed by atoms with E-state index >= 15 is 0 Å². The number of phenols is 1. The van der Waals surface area contributed by atoms with E-state index < -0.39 is 23.0 Å². The number of aromatic hydroxyl groups is 1. The molecule has 2 aromatic rings. The number of nitrogens with zero attached hydrogens (tertiary/aromatic N) is 1. The van der Waals surface area contributed by atoms with Gasteiger partial charge < -0.3 is 25.4 Å². The second-order valence-electron chi connectivity index (χ2n) is 10.2. The molecule has 194 valence electrons. The number of fused-ring (bicyclic) bond motifs is 2. The van der Waals surface area contributed by atoms with E-state index in [0.717, 1.165) is 10.6 Å². The fraction of sp³-hybridized carbons (Fsp3) is 0.500. The van der Waals surface area contributed by atoms with Crippen LogP contribution in [0.25, 0.3) is 0 Å². The minimum atomic E-state index is -0.745. The average Bonchev–Trinajstić information content (AvgIpc) is 3.23. The number of thiazole rings is 1. The van der Waals surface area contributed by atoms with E-state index in [9.17, 15) is 24.9 Å². The molecule has 0 bridgehead atoms. The lowest BCUT2D eigenvalue weighted by Gasteiger charge is -2.58. The van der Waals surface area contributed by atoms with Crippen LogP contribution in [0.1, 0.15) is 49.6 Å². The maximum atomic E-state index is 13.2. The minimum Gasteiger partial charge on any atom is -0.508 e. The van der Waals surface area contributed by atoms with Crippen LogP contribution in [-0.4, -0.2) is 51.6 Å². The van der Waals surface area contributed by atoms with Crippen molar-refractivity contribution in [2.24, 2.45) is 16.7 Å². The molecule has 10 heteroatoms. The lowest BCUT2D eigenvalue weighted by molar-refractivity contribution is -0.143. The Hall–Kier alpha value is -2.95. The first-order chi connectivity index (χ1) is 17.1. The number of amides is 2. The molecule has 9 nitrogen and oxygen atoms in total. The molecule has 2 amide bonds. The van der Waals surface area contributed by atoms with E-state index in [1.807, 2.05) is 6.92 Å². The van der Waals surface area contributed by atoms with Crippen LogP contribution in [0, 0.1) is 16.7 Å². The molecule has 5 N–H and O–H groups in total. The fourth-order valence-corrected chi connectivity index (χ4v) is 6.99. The van der Waals surface area contributed by atoms with Crippen molar-refractivity contribution in [1.29, 1.82) is 0 Å². The van der Waals surface area contributed by atoms with E-state index in [1.165, 1.54) is 29.5 Å². The first kappa shape index (κ1) is 26.1. The highest BCUT2D eigenvalue weighted by molar-refractivity contribution is 7.15. The van der Waals surface area contributed by atoms with Gasteiger partial charge in [0.15, 0.2) is 5.13 Å². The predicted molar refractivity (Wildman–Crippen MR) is 137 cm³/mol. The standard InChI is InChI=1S/C26H33N3O6S/c1-4-10-35-24(34)29-23-28-22-17(12-21(33)27-15-6-5-7-16(31)11-15)25(2)9-8-20(32)26(3,14-30)19(25)13-18(22)36-23/h4-7,11,17,19-20,30-32H,1,8-10,12-14H2,2-3H3,(H,27,33)(H,28,29,34). The summed E-state index contributed by atoms with van der Waals surface area (Å²) in [4.78, 5) is 31.0. The van der Waals surface area contributed by atoms with Crippen molar-refractivity contribution in [3.8, 4) is 5.75 Å². The van der Waals surface area contributed by atoms with Crippen molar-refractivity contribution in [3.05, 3.63) is 47.5 Å². The van der Waals surface area contributed by atoms with Gasteiger partial charge in [-0.15, -0.1) is 11.3 Å². The monoisotopic (exact) mass is 515 g/mol. The Labute approximate surface area is 214 Å². The van der Waals surface area contributed by atoms with Gasteiger partial charge in [-0.2, -0.15) is 0 Å². The maximum absolute atomic E-state index is 13.2. The Bertz CT molecular complexity index is 1150. The summed E-state index contributed by atoms with van der Waals surface area (Å²) in [6.45, 7) is 7.44.